The number of hydrogen-bond donors (Lipinski definition) is 0. The lowest BCUT2D eigenvalue weighted by atomic mass is 9.91. The number of aromatic nitrogens is 3. The number of hydrogen-bond acceptors (Lipinski definition) is 6. The third-order valence-corrected chi connectivity index (χ3v) is 6.61. The number of likely N-dealkylation sites (tertiary alicyclic amines) is 1. The number of nitrogens with zero attached hydrogens (tertiary/aromatic N) is 4. The number of ether oxygens (including phenoxy) is 1. The maximum absolute atomic E-state index is 13.1. The Kier molecular flexibility index (Phi) is 5.93. The van der Waals surface area contributed by atoms with Gasteiger partial charge in [0.1, 0.15) is 5.69 Å². The van der Waals surface area contributed by atoms with Crippen molar-refractivity contribution >= 4 is 16.7 Å². The highest BCUT2D eigenvalue weighted by Gasteiger charge is 2.26. The number of carbonyl (C=O) groups excluding carboxylic acids is 1. The fraction of sp³-hybridized carbons (Fsp3) is 0.500. The molecule has 0 radical (unpaired) electrons. The van der Waals surface area contributed by atoms with Crippen molar-refractivity contribution in [1.82, 2.24) is 20.0 Å². The molecule has 7 nitrogen and oxygen atoms in total. The molecule has 2 fully saturated rings. The third kappa shape index (κ3) is 4.46. The van der Waals surface area contributed by atoms with Crippen molar-refractivity contribution in [2.45, 2.75) is 44.4 Å². The summed E-state index contributed by atoms with van der Waals surface area (Å²) >= 11 is 0. The van der Waals surface area contributed by atoms with Gasteiger partial charge in [-0.05, 0) is 49.5 Å². The molecule has 0 unspecified atom stereocenters. The number of fused-ring (bicyclic) bond motifs is 1. The number of benzene rings is 1. The van der Waals surface area contributed by atoms with Gasteiger partial charge in [-0.1, -0.05) is 29.4 Å². The van der Waals surface area contributed by atoms with E-state index in [0.29, 0.717) is 17.5 Å². The molecule has 0 bridgehead atoms. The number of carbonyl (C=O) groups is 1. The standard InChI is InChI=1S/C24H28N4O3/c29-24(22-20-4-2-1-3-18(20)7-12-25-22)28-13-8-17(9-14-28)5-6-21-26-23(31-27-21)19-10-15-30-16-11-19/h1-4,7,12,17,19H,5-6,8-11,13-16H2. The fourth-order valence-electron chi connectivity index (χ4n) is 4.68. The third-order valence-electron chi connectivity index (χ3n) is 6.61. The Morgan fingerprint density at radius 2 is 1.87 bits per heavy atom. The van der Waals surface area contributed by atoms with Gasteiger partial charge < -0.3 is 14.2 Å². The maximum atomic E-state index is 13.1. The fourth-order valence-corrected chi connectivity index (χ4v) is 4.68. The predicted molar refractivity (Wildman–Crippen MR) is 116 cm³/mol. The zero-order valence-corrected chi connectivity index (χ0v) is 17.7. The van der Waals surface area contributed by atoms with Crippen molar-refractivity contribution in [2.24, 2.45) is 5.92 Å². The summed E-state index contributed by atoms with van der Waals surface area (Å²) in [5.74, 6) is 2.53. The van der Waals surface area contributed by atoms with Crippen LogP contribution in [0.15, 0.2) is 41.1 Å². The Morgan fingerprint density at radius 3 is 2.71 bits per heavy atom. The SMILES string of the molecule is O=C(c1nccc2ccccc12)N1CCC(CCc2noc(C3CCOCC3)n2)CC1. The first-order valence-corrected chi connectivity index (χ1v) is 11.3. The highest BCUT2D eigenvalue weighted by Crippen LogP contribution is 2.27. The van der Waals surface area contributed by atoms with Crippen LogP contribution in [0, 0.1) is 5.92 Å². The number of rotatable bonds is 5. The summed E-state index contributed by atoms with van der Waals surface area (Å²) in [6, 6.07) is 9.88. The molecule has 162 valence electrons. The van der Waals surface area contributed by atoms with Crippen LogP contribution in [0.1, 0.15) is 60.2 Å². The molecular weight excluding hydrogens is 392 g/mol. The Bertz CT molecular complexity index is 1030. The molecule has 0 spiro atoms. The lowest BCUT2D eigenvalue weighted by Gasteiger charge is -2.31. The Morgan fingerprint density at radius 1 is 1.06 bits per heavy atom. The Labute approximate surface area is 181 Å². The van der Waals surface area contributed by atoms with Crippen LogP contribution in [0.3, 0.4) is 0 Å². The average Bonchev–Trinajstić information content (AvgIpc) is 3.32. The van der Waals surface area contributed by atoms with Crippen molar-refractivity contribution in [1.29, 1.82) is 0 Å². The number of pyridine rings is 1. The van der Waals surface area contributed by atoms with Crippen LogP contribution in [-0.2, 0) is 11.2 Å². The quantitative estimate of drug-likeness (QED) is 0.621. The van der Waals surface area contributed by atoms with E-state index in [9.17, 15) is 4.79 Å². The van der Waals surface area contributed by atoms with Crippen molar-refractivity contribution in [2.75, 3.05) is 26.3 Å². The van der Waals surface area contributed by atoms with E-state index in [0.717, 1.165) is 87.3 Å². The first kappa shape index (κ1) is 20.1. The van der Waals surface area contributed by atoms with E-state index in [1.54, 1.807) is 6.20 Å². The van der Waals surface area contributed by atoms with Gasteiger partial charge >= 0.3 is 0 Å². The largest absolute Gasteiger partial charge is 0.381 e. The molecule has 0 N–H and O–H groups in total. The van der Waals surface area contributed by atoms with Gasteiger partial charge in [0, 0.05) is 50.2 Å². The van der Waals surface area contributed by atoms with Gasteiger partial charge in [0.05, 0.1) is 0 Å². The zero-order valence-electron chi connectivity index (χ0n) is 17.7. The number of aryl methyl sites for hydroxylation is 1. The van der Waals surface area contributed by atoms with Crippen LogP contribution in [0.4, 0.5) is 0 Å². The van der Waals surface area contributed by atoms with Gasteiger partial charge in [-0.2, -0.15) is 4.98 Å². The number of amides is 1. The van der Waals surface area contributed by atoms with Crippen LogP contribution < -0.4 is 0 Å². The molecule has 1 aromatic carbocycles. The summed E-state index contributed by atoms with van der Waals surface area (Å²) in [6.07, 6.45) is 7.50. The summed E-state index contributed by atoms with van der Waals surface area (Å²) in [6.45, 7) is 3.09. The summed E-state index contributed by atoms with van der Waals surface area (Å²) in [5.41, 5.74) is 0.559. The van der Waals surface area contributed by atoms with Gasteiger partial charge in [-0.25, -0.2) is 0 Å². The second-order valence-corrected chi connectivity index (χ2v) is 8.59. The van der Waals surface area contributed by atoms with Gasteiger partial charge in [0.2, 0.25) is 5.89 Å². The highest BCUT2D eigenvalue weighted by molar-refractivity contribution is 6.05. The minimum absolute atomic E-state index is 0.0366. The second kappa shape index (κ2) is 9.14. The second-order valence-electron chi connectivity index (χ2n) is 8.59. The first-order valence-electron chi connectivity index (χ1n) is 11.3. The van der Waals surface area contributed by atoms with Gasteiger partial charge in [0.25, 0.3) is 5.91 Å². The van der Waals surface area contributed by atoms with E-state index < -0.39 is 0 Å². The molecule has 3 aromatic rings. The monoisotopic (exact) mass is 420 g/mol. The molecule has 0 saturated carbocycles. The van der Waals surface area contributed by atoms with E-state index in [-0.39, 0.29) is 5.91 Å². The molecule has 0 aliphatic carbocycles. The van der Waals surface area contributed by atoms with Gasteiger partial charge in [-0.3, -0.25) is 9.78 Å². The smallest absolute Gasteiger partial charge is 0.273 e. The zero-order chi connectivity index (χ0) is 21.0. The Hall–Kier alpha value is -2.80. The molecule has 7 heteroatoms. The summed E-state index contributed by atoms with van der Waals surface area (Å²) < 4.78 is 10.9. The molecule has 1 amide bonds. The maximum Gasteiger partial charge on any atom is 0.273 e. The van der Waals surface area contributed by atoms with Crippen LogP contribution in [-0.4, -0.2) is 52.2 Å². The molecular formula is C24H28N4O3. The van der Waals surface area contributed by atoms with Crippen LogP contribution >= 0.6 is 0 Å². The average molecular weight is 421 g/mol. The lowest BCUT2D eigenvalue weighted by Crippen LogP contribution is -2.39. The summed E-state index contributed by atoms with van der Waals surface area (Å²) in [5, 5.41) is 6.17. The number of piperidine rings is 1. The van der Waals surface area contributed by atoms with E-state index in [2.05, 4.69) is 15.1 Å². The van der Waals surface area contributed by atoms with Crippen LogP contribution in [0.25, 0.3) is 10.8 Å². The van der Waals surface area contributed by atoms with E-state index in [4.69, 9.17) is 9.26 Å². The first-order chi connectivity index (χ1) is 15.3. The van der Waals surface area contributed by atoms with Gasteiger partial charge in [0.15, 0.2) is 5.82 Å². The minimum Gasteiger partial charge on any atom is -0.381 e. The highest BCUT2D eigenvalue weighted by atomic mass is 16.5. The van der Waals surface area contributed by atoms with E-state index in [1.165, 1.54) is 0 Å². The molecule has 4 heterocycles. The molecule has 2 aliphatic rings. The summed E-state index contributed by atoms with van der Waals surface area (Å²) in [4.78, 5) is 24.0. The summed E-state index contributed by atoms with van der Waals surface area (Å²) in [7, 11) is 0. The minimum atomic E-state index is 0.0366. The molecule has 5 rings (SSSR count). The van der Waals surface area contributed by atoms with Crippen molar-refractivity contribution < 1.29 is 14.1 Å². The van der Waals surface area contributed by atoms with Crippen LogP contribution in [0.2, 0.25) is 0 Å². The van der Waals surface area contributed by atoms with Crippen molar-refractivity contribution in [3.05, 3.63) is 53.9 Å². The topological polar surface area (TPSA) is 81.4 Å². The van der Waals surface area contributed by atoms with E-state index in [1.807, 2.05) is 35.2 Å². The van der Waals surface area contributed by atoms with Crippen LogP contribution in [0.5, 0.6) is 0 Å². The molecule has 2 aromatic heterocycles. The normalized spacial score (nSPS) is 18.5. The van der Waals surface area contributed by atoms with E-state index >= 15 is 0 Å². The molecule has 2 aliphatic heterocycles. The predicted octanol–water partition coefficient (Wildman–Crippen LogP) is 4.00. The van der Waals surface area contributed by atoms with Crippen molar-refractivity contribution in [3.8, 4) is 0 Å². The van der Waals surface area contributed by atoms with Gasteiger partial charge in [-0.15, -0.1) is 0 Å². The molecule has 2 saturated heterocycles. The molecule has 0 atom stereocenters. The Balaban J connectivity index is 1.14. The lowest BCUT2D eigenvalue weighted by molar-refractivity contribution is 0.0683. The molecule has 31 heavy (non-hydrogen) atoms. The van der Waals surface area contributed by atoms with Crippen molar-refractivity contribution in [3.63, 3.8) is 0 Å².